The summed E-state index contributed by atoms with van der Waals surface area (Å²) >= 11 is 0. The highest BCUT2D eigenvalue weighted by Gasteiger charge is 2.27. The highest BCUT2D eigenvalue weighted by atomic mass is 35.5. The van der Waals surface area contributed by atoms with Gasteiger partial charge in [-0.2, -0.15) is 0 Å². The molecule has 124 valence electrons. The van der Waals surface area contributed by atoms with Gasteiger partial charge in [-0.25, -0.2) is 4.39 Å². The van der Waals surface area contributed by atoms with Gasteiger partial charge >= 0.3 is 0 Å². The maximum atomic E-state index is 13.6. The number of halogens is 2. The maximum absolute atomic E-state index is 13.6. The van der Waals surface area contributed by atoms with Crippen LogP contribution < -0.4 is 15.4 Å². The molecule has 6 heteroatoms. The molecule has 3 unspecified atom stereocenters. The van der Waals surface area contributed by atoms with Crippen LogP contribution in [-0.4, -0.2) is 31.1 Å². The summed E-state index contributed by atoms with van der Waals surface area (Å²) in [6.07, 6.45) is 0.742. The van der Waals surface area contributed by atoms with Crippen LogP contribution in [0.5, 0.6) is 5.75 Å². The van der Waals surface area contributed by atoms with Crippen molar-refractivity contribution in [1.82, 2.24) is 10.6 Å². The Hall–Kier alpha value is -1.33. The number of hydrogen-bond donors (Lipinski definition) is 2. The van der Waals surface area contributed by atoms with Crippen molar-refractivity contribution in [3.05, 3.63) is 30.1 Å². The summed E-state index contributed by atoms with van der Waals surface area (Å²) in [6, 6.07) is 6.31. The lowest BCUT2D eigenvalue weighted by molar-refractivity contribution is -0.129. The largest absolute Gasteiger partial charge is 0.478 e. The molecule has 1 aromatic carbocycles. The molecule has 2 rings (SSSR count). The molecule has 0 radical (unpaired) electrons. The van der Waals surface area contributed by atoms with E-state index in [0.717, 1.165) is 19.5 Å². The number of rotatable bonds is 5. The molecule has 1 heterocycles. The molecule has 1 saturated heterocycles. The SMILES string of the molecule is CCC(Oc1ccccc1F)C(=O)NC1CCNCC1C.Cl. The molecule has 1 aliphatic rings. The van der Waals surface area contributed by atoms with E-state index < -0.39 is 11.9 Å². The van der Waals surface area contributed by atoms with Crippen LogP contribution in [0.3, 0.4) is 0 Å². The van der Waals surface area contributed by atoms with E-state index in [1.807, 2.05) is 6.92 Å². The fraction of sp³-hybridized carbons (Fsp3) is 0.562. The molecule has 0 bridgehead atoms. The Balaban J connectivity index is 0.00000242. The molecular weight excluding hydrogens is 307 g/mol. The molecular formula is C16H24ClFN2O2. The van der Waals surface area contributed by atoms with Crippen molar-refractivity contribution in [2.75, 3.05) is 13.1 Å². The van der Waals surface area contributed by atoms with Gasteiger partial charge < -0.3 is 15.4 Å². The van der Waals surface area contributed by atoms with Gasteiger partial charge in [-0.15, -0.1) is 12.4 Å². The van der Waals surface area contributed by atoms with Crippen molar-refractivity contribution in [2.24, 2.45) is 5.92 Å². The number of carbonyl (C=O) groups is 1. The van der Waals surface area contributed by atoms with Crippen LogP contribution in [0.1, 0.15) is 26.7 Å². The highest BCUT2D eigenvalue weighted by Crippen LogP contribution is 2.18. The van der Waals surface area contributed by atoms with E-state index >= 15 is 0 Å². The number of para-hydroxylation sites is 1. The molecule has 1 aromatic rings. The lowest BCUT2D eigenvalue weighted by Crippen LogP contribution is -2.51. The lowest BCUT2D eigenvalue weighted by Gasteiger charge is -2.31. The zero-order chi connectivity index (χ0) is 15.2. The third-order valence-electron chi connectivity index (χ3n) is 3.88. The Morgan fingerprint density at radius 2 is 2.23 bits per heavy atom. The fourth-order valence-corrected chi connectivity index (χ4v) is 2.52. The minimum Gasteiger partial charge on any atom is -0.478 e. The molecule has 4 nitrogen and oxygen atoms in total. The first kappa shape index (κ1) is 18.7. The van der Waals surface area contributed by atoms with Gasteiger partial charge in [0.1, 0.15) is 0 Å². The summed E-state index contributed by atoms with van der Waals surface area (Å²) in [6.45, 7) is 5.77. The van der Waals surface area contributed by atoms with Gasteiger partial charge in [0.05, 0.1) is 0 Å². The van der Waals surface area contributed by atoms with Crippen molar-refractivity contribution in [3.8, 4) is 5.75 Å². The lowest BCUT2D eigenvalue weighted by atomic mass is 9.95. The number of piperidine rings is 1. The fourth-order valence-electron chi connectivity index (χ4n) is 2.52. The predicted molar refractivity (Wildman–Crippen MR) is 86.9 cm³/mol. The average molecular weight is 331 g/mol. The molecule has 0 spiro atoms. The Morgan fingerprint density at radius 1 is 1.50 bits per heavy atom. The number of nitrogens with one attached hydrogen (secondary N) is 2. The van der Waals surface area contributed by atoms with Gasteiger partial charge in [0.2, 0.25) is 0 Å². The summed E-state index contributed by atoms with van der Waals surface area (Å²) in [5.41, 5.74) is 0. The summed E-state index contributed by atoms with van der Waals surface area (Å²) in [5, 5.41) is 6.33. The van der Waals surface area contributed by atoms with Gasteiger partial charge in [0.15, 0.2) is 17.7 Å². The van der Waals surface area contributed by atoms with E-state index in [2.05, 4.69) is 17.6 Å². The molecule has 1 fully saturated rings. The first-order valence-corrected chi connectivity index (χ1v) is 7.54. The van der Waals surface area contributed by atoms with Gasteiger partial charge in [-0.1, -0.05) is 26.0 Å². The van der Waals surface area contributed by atoms with Crippen LogP contribution >= 0.6 is 12.4 Å². The van der Waals surface area contributed by atoms with Crippen LogP contribution in [-0.2, 0) is 4.79 Å². The van der Waals surface area contributed by atoms with Crippen molar-refractivity contribution in [1.29, 1.82) is 0 Å². The van der Waals surface area contributed by atoms with Crippen LogP contribution in [0, 0.1) is 11.7 Å². The van der Waals surface area contributed by atoms with E-state index in [4.69, 9.17) is 4.74 Å². The molecule has 1 aliphatic heterocycles. The molecule has 3 atom stereocenters. The Morgan fingerprint density at radius 3 is 2.86 bits per heavy atom. The average Bonchev–Trinajstić information content (AvgIpc) is 2.48. The van der Waals surface area contributed by atoms with E-state index in [1.54, 1.807) is 18.2 Å². The number of ether oxygens (including phenoxy) is 1. The third-order valence-corrected chi connectivity index (χ3v) is 3.88. The maximum Gasteiger partial charge on any atom is 0.261 e. The molecule has 1 amide bonds. The molecule has 0 saturated carbocycles. The van der Waals surface area contributed by atoms with Gasteiger partial charge in [-0.3, -0.25) is 4.79 Å². The Bertz CT molecular complexity index is 487. The van der Waals surface area contributed by atoms with Gasteiger partial charge in [0, 0.05) is 6.04 Å². The van der Waals surface area contributed by atoms with Crippen LogP contribution in [0.15, 0.2) is 24.3 Å². The second-order valence-corrected chi connectivity index (χ2v) is 5.53. The molecule has 2 N–H and O–H groups in total. The van der Waals surface area contributed by atoms with Crippen molar-refractivity contribution >= 4 is 18.3 Å². The second kappa shape index (κ2) is 8.96. The zero-order valence-electron chi connectivity index (χ0n) is 13.0. The Kier molecular flexibility index (Phi) is 7.62. The van der Waals surface area contributed by atoms with Crippen LogP contribution in [0.2, 0.25) is 0 Å². The van der Waals surface area contributed by atoms with Gasteiger partial charge in [-0.05, 0) is 44.0 Å². The summed E-state index contributed by atoms with van der Waals surface area (Å²) in [5.74, 6) is -0.106. The minimum absolute atomic E-state index is 0. The minimum atomic E-state index is -0.663. The molecule has 22 heavy (non-hydrogen) atoms. The van der Waals surface area contributed by atoms with E-state index in [-0.39, 0.29) is 30.1 Å². The van der Waals surface area contributed by atoms with Crippen molar-refractivity contribution < 1.29 is 13.9 Å². The topological polar surface area (TPSA) is 50.4 Å². The third kappa shape index (κ3) is 4.85. The summed E-state index contributed by atoms with van der Waals surface area (Å²) in [7, 11) is 0. The smallest absolute Gasteiger partial charge is 0.261 e. The summed E-state index contributed by atoms with van der Waals surface area (Å²) < 4.78 is 19.1. The van der Waals surface area contributed by atoms with Crippen LogP contribution in [0.25, 0.3) is 0 Å². The summed E-state index contributed by atoms with van der Waals surface area (Å²) in [4.78, 5) is 12.3. The Labute approximate surface area is 137 Å². The highest BCUT2D eigenvalue weighted by molar-refractivity contribution is 5.85. The zero-order valence-corrected chi connectivity index (χ0v) is 13.8. The first-order valence-electron chi connectivity index (χ1n) is 7.54. The quantitative estimate of drug-likeness (QED) is 0.872. The monoisotopic (exact) mass is 330 g/mol. The van der Waals surface area contributed by atoms with Gasteiger partial charge in [0.25, 0.3) is 5.91 Å². The second-order valence-electron chi connectivity index (χ2n) is 5.53. The van der Waals surface area contributed by atoms with Crippen LogP contribution in [0.4, 0.5) is 4.39 Å². The predicted octanol–water partition coefficient (Wildman–Crippen LogP) is 2.52. The number of amides is 1. The van der Waals surface area contributed by atoms with E-state index in [0.29, 0.717) is 12.3 Å². The van der Waals surface area contributed by atoms with Crippen molar-refractivity contribution in [2.45, 2.75) is 38.8 Å². The molecule has 0 aliphatic carbocycles. The normalized spacial score (nSPS) is 22.3. The number of benzene rings is 1. The van der Waals surface area contributed by atoms with E-state index in [1.165, 1.54) is 6.07 Å². The van der Waals surface area contributed by atoms with E-state index in [9.17, 15) is 9.18 Å². The van der Waals surface area contributed by atoms with Crippen molar-refractivity contribution in [3.63, 3.8) is 0 Å². The standard InChI is InChI=1S/C16H23FN2O2.ClH/c1-3-14(21-15-7-5-4-6-12(15)17)16(20)19-13-8-9-18-10-11(13)2;/h4-7,11,13-14,18H,3,8-10H2,1-2H3,(H,19,20);1H. The molecule has 0 aromatic heterocycles. The first-order chi connectivity index (χ1) is 10.1. The number of hydrogen-bond acceptors (Lipinski definition) is 3. The number of carbonyl (C=O) groups excluding carboxylic acids is 1.